The van der Waals surface area contributed by atoms with E-state index in [1.807, 2.05) is 12.1 Å². The number of aromatic nitrogens is 1. The molecule has 0 radical (unpaired) electrons. The fourth-order valence-corrected chi connectivity index (χ4v) is 1.92. The van der Waals surface area contributed by atoms with Crippen LogP contribution in [0, 0.1) is 0 Å². The Morgan fingerprint density at radius 2 is 2.00 bits per heavy atom. The van der Waals surface area contributed by atoms with Gasteiger partial charge in [0.25, 0.3) is 0 Å². The average molecular weight is 277 g/mol. The minimum absolute atomic E-state index is 0.973. The summed E-state index contributed by atoms with van der Waals surface area (Å²) >= 11 is 3.48. The molecular weight excluding hydrogens is 264 g/mol. The molecule has 82 valence electrons. The van der Waals surface area contributed by atoms with Gasteiger partial charge in [-0.15, -0.1) is 0 Å². The maximum absolute atomic E-state index is 4.04. The standard InChI is InChI=1S/C13H13BrN2/c1-2-10-5-3-4-6-12(10)16-13-7-8-15-9-11(13)14/h3-9H,2H2,1H3,(H,15,16). The molecule has 3 heteroatoms. The van der Waals surface area contributed by atoms with Gasteiger partial charge in [0.2, 0.25) is 0 Å². The number of hydrogen-bond donors (Lipinski definition) is 1. The predicted molar refractivity (Wildman–Crippen MR) is 71.0 cm³/mol. The Balaban J connectivity index is 2.30. The lowest BCUT2D eigenvalue weighted by atomic mass is 10.1. The zero-order valence-electron chi connectivity index (χ0n) is 9.07. The van der Waals surface area contributed by atoms with Gasteiger partial charge >= 0.3 is 0 Å². The van der Waals surface area contributed by atoms with E-state index in [1.54, 1.807) is 12.4 Å². The number of halogens is 1. The van der Waals surface area contributed by atoms with Crippen LogP contribution in [0.3, 0.4) is 0 Å². The predicted octanol–water partition coefficient (Wildman–Crippen LogP) is 4.15. The first-order valence-corrected chi connectivity index (χ1v) is 6.05. The monoisotopic (exact) mass is 276 g/mol. The molecule has 0 aliphatic carbocycles. The van der Waals surface area contributed by atoms with E-state index in [-0.39, 0.29) is 0 Å². The Morgan fingerprint density at radius 3 is 2.75 bits per heavy atom. The number of benzene rings is 1. The minimum atomic E-state index is 0.973. The van der Waals surface area contributed by atoms with E-state index in [4.69, 9.17) is 0 Å². The van der Waals surface area contributed by atoms with Crippen molar-refractivity contribution in [3.63, 3.8) is 0 Å². The van der Waals surface area contributed by atoms with Crippen molar-refractivity contribution in [1.82, 2.24) is 4.98 Å². The van der Waals surface area contributed by atoms with Crippen molar-refractivity contribution in [2.75, 3.05) is 5.32 Å². The van der Waals surface area contributed by atoms with Crippen LogP contribution >= 0.6 is 15.9 Å². The largest absolute Gasteiger partial charge is 0.354 e. The third-order valence-corrected chi connectivity index (χ3v) is 3.07. The molecule has 0 spiro atoms. The highest BCUT2D eigenvalue weighted by molar-refractivity contribution is 9.10. The number of anilines is 2. The minimum Gasteiger partial charge on any atom is -0.354 e. The van der Waals surface area contributed by atoms with E-state index < -0.39 is 0 Å². The van der Waals surface area contributed by atoms with Crippen molar-refractivity contribution in [3.8, 4) is 0 Å². The summed E-state index contributed by atoms with van der Waals surface area (Å²) in [5, 5.41) is 3.40. The normalized spacial score (nSPS) is 10.1. The molecule has 0 atom stereocenters. The molecule has 0 aliphatic rings. The summed E-state index contributed by atoms with van der Waals surface area (Å²) in [7, 11) is 0. The number of rotatable bonds is 3. The number of para-hydroxylation sites is 1. The molecule has 0 aliphatic heterocycles. The molecule has 1 aromatic heterocycles. The van der Waals surface area contributed by atoms with Gasteiger partial charge < -0.3 is 5.32 Å². The summed E-state index contributed by atoms with van der Waals surface area (Å²) in [4.78, 5) is 4.04. The van der Waals surface area contributed by atoms with Crippen LogP contribution < -0.4 is 5.32 Å². The zero-order valence-corrected chi connectivity index (χ0v) is 10.7. The average Bonchev–Trinajstić information content (AvgIpc) is 2.33. The molecule has 0 saturated heterocycles. The Bertz CT molecular complexity index is 483. The molecule has 1 N–H and O–H groups in total. The number of nitrogens with zero attached hydrogens (tertiary/aromatic N) is 1. The summed E-state index contributed by atoms with van der Waals surface area (Å²) in [6, 6.07) is 10.3. The van der Waals surface area contributed by atoms with Crippen molar-refractivity contribution < 1.29 is 0 Å². The van der Waals surface area contributed by atoms with Crippen LogP contribution in [0.2, 0.25) is 0 Å². The van der Waals surface area contributed by atoms with E-state index in [2.05, 4.69) is 51.4 Å². The van der Waals surface area contributed by atoms with Crippen LogP contribution in [-0.2, 0) is 6.42 Å². The zero-order chi connectivity index (χ0) is 11.4. The molecule has 1 heterocycles. The summed E-state index contributed by atoms with van der Waals surface area (Å²) in [5.74, 6) is 0. The highest BCUT2D eigenvalue weighted by Gasteiger charge is 2.02. The van der Waals surface area contributed by atoms with E-state index in [9.17, 15) is 0 Å². The first-order chi connectivity index (χ1) is 7.81. The number of hydrogen-bond acceptors (Lipinski definition) is 2. The van der Waals surface area contributed by atoms with Gasteiger partial charge in [0.05, 0.1) is 10.2 Å². The van der Waals surface area contributed by atoms with Gasteiger partial charge in [0.1, 0.15) is 0 Å². The lowest BCUT2D eigenvalue weighted by Crippen LogP contribution is -1.95. The van der Waals surface area contributed by atoms with Crippen LogP contribution in [0.15, 0.2) is 47.2 Å². The summed E-state index contributed by atoms with van der Waals surface area (Å²) < 4.78 is 0.973. The fraction of sp³-hybridized carbons (Fsp3) is 0.154. The summed E-state index contributed by atoms with van der Waals surface area (Å²) in [6.07, 6.45) is 4.59. The molecule has 0 bridgehead atoms. The highest BCUT2D eigenvalue weighted by Crippen LogP contribution is 2.26. The topological polar surface area (TPSA) is 24.9 Å². The Labute approximate surface area is 104 Å². The second kappa shape index (κ2) is 5.12. The Hall–Kier alpha value is -1.35. The fourth-order valence-electron chi connectivity index (χ4n) is 1.57. The highest BCUT2D eigenvalue weighted by atomic mass is 79.9. The van der Waals surface area contributed by atoms with Gasteiger partial charge in [0.15, 0.2) is 0 Å². The van der Waals surface area contributed by atoms with Gasteiger partial charge in [-0.1, -0.05) is 25.1 Å². The second-order valence-corrected chi connectivity index (χ2v) is 4.35. The second-order valence-electron chi connectivity index (χ2n) is 3.49. The van der Waals surface area contributed by atoms with Gasteiger partial charge in [-0.2, -0.15) is 0 Å². The van der Waals surface area contributed by atoms with Gasteiger partial charge in [-0.3, -0.25) is 4.98 Å². The Morgan fingerprint density at radius 1 is 1.19 bits per heavy atom. The molecule has 0 fully saturated rings. The van der Waals surface area contributed by atoms with Crippen molar-refractivity contribution in [2.45, 2.75) is 13.3 Å². The first kappa shape index (κ1) is 11.1. The Kier molecular flexibility index (Phi) is 3.57. The first-order valence-electron chi connectivity index (χ1n) is 5.25. The van der Waals surface area contributed by atoms with Crippen LogP contribution in [0.25, 0.3) is 0 Å². The summed E-state index contributed by atoms with van der Waals surface area (Å²) in [5.41, 5.74) is 3.50. The van der Waals surface area contributed by atoms with Crippen molar-refractivity contribution in [1.29, 1.82) is 0 Å². The third-order valence-electron chi connectivity index (χ3n) is 2.44. The molecule has 0 unspecified atom stereocenters. The summed E-state index contributed by atoms with van der Waals surface area (Å²) in [6.45, 7) is 2.15. The van der Waals surface area contributed by atoms with Gasteiger partial charge in [0, 0.05) is 18.1 Å². The molecular formula is C13H13BrN2. The maximum Gasteiger partial charge on any atom is 0.0593 e. The van der Waals surface area contributed by atoms with Crippen LogP contribution in [0.5, 0.6) is 0 Å². The van der Waals surface area contributed by atoms with E-state index in [0.717, 1.165) is 22.3 Å². The van der Waals surface area contributed by atoms with Crippen LogP contribution in [0.1, 0.15) is 12.5 Å². The number of pyridine rings is 1. The molecule has 16 heavy (non-hydrogen) atoms. The molecule has 1 aromatic carbocycles. The molecule has 0 saturated carbocycles. The lowest BCUT2D eigenvalue weighted by molar-refractivity contribution is 1.14. The molecule has 2 rings (SSSR count). The molecule has 0 amide bonds. The lowest BCUT2D eigenvalue weighted by Gasteiger charge is -2.11. The van der Waals surface area contributed by atoms with E-state index in [0.29, 0.717) is 0 Å². The van der Waals surface area contributed by atoms with Gasteiger partial charge in [-0.05, 0) is 40.0 Å². The van der Waals surface area contributed by atoms with Crippen molar-refractivity contribution >= 4 is 27.3 Å². The molecule has 2 nitrogen and oxygen atoms in total. The van der Waals surface area contributed by atoms with E-state index in [1.165, 1.54) is 5.56 Å². The number of nitrogens with one attached hydrogen (secondary N) is 1. The van der Waals surface area contributed by atoms with Gasteiger partial charge in [-0.25, -0.2) is 0 Å². The van der Waals surface area contributed by atoms with E-state index >= 15 is 0 Å². The van der Waals surface area contributed by atoms with Crippen molar-refractivity contribution in [3.05, 3.63) is 52.8 Å². The smallest absolute Gasteiger partial charge is 0.0593 e. The van der Waals surface area contributed by atoms with Crippen LogP contribution in [-0.4, -0.2) is 4.98 Å². The number of aryl methyl sites for hydroxylation is 1. The van der Waals surface area contributed by atoms with Crippen LogP contribution in [0.4, 0.5) is 11.4 Å². The van der Waals surface area contributed by atoms with Crippen molar-refractivity contribution in [2.24, 2.45) is 0 Å². The SMILES string of the molecule is CCc1ccccc1Nc1ccncc1Br. The third kappa shape index (κ3) is 2.42. The maximum atomic E-state index is 4.04. The molecule has 2 aromatic rings. The quantitative estimate of drug-likeness (QED) is 0.911.